The summed E-state index contributed by atoms with van der Waals surface area (Å²) in [5, 5.41) is 29.5. The normalized spacial score (nSPS) is 16.6. The number of thioether (sulfide) groups is 1. The van der Waals surface area contributed by atoms with Crippen molar-refractivity contribution in [1.82, 2.24) is 10.2 Å². The number of phenols is 1. The van der Waals surface area contributed by atoms with E-state index in [9.17, 15) is 24.2 Å². The van der Waals surface area contributed by atoms with Crippen LogP contribution in [0, 0.1) is 5.82 Å². The number of carbonyl (C=O) groups excluding carboxylic acids is 2. The lowest BCUT2D eigenvalue weighted by molar-refractivity contribution is -0.132. The third kappa shape index (κ3) is 5.36. The number of amides is 1. The highest BCUT2D eigenvalue weighted by atomic mass is 32.2. The molecule has 198 valence electrons. The lowest BCUT2D eigenvalue weighted by Crippen LogP contribution is -2.29. The standard InChI is InChI=1S/C28H22FN3O5S2/c1-2-37-20-13-9-17(10-14-20)24(34)22-23(16-7-11-19(33)12-8-16)32(26(36)25(22)35)27-30-31-28(39-27)38-15-18-5-3-4-6-21(18)29/h3-14,23,33-34H,2,15H2,1H3/b24-22-. The van der Waals surface area contributed by atoms with Crippen LogP contribution in [-0.2, 0) is 15.3 Å². The Kier molecular flexibility index (Phi) is 7.62. The van der Waals surface area contributed by atoms with E-state index in [4.69, 9.17) is 4.74 Å². The number of hydrogen-bond donors (Lipinski definition) is 2. The van der Waals surface area contributed by atoms with Crippen molar-refractivity contribution in [3.63, 3.8) is 0 Å². The van der Waals surface area contributed by atoms with Crippen molar-refractivity contribution >= 4 is 45.7 Å². The van der Waals surface area contributed by atoms with Gasteiger partial charge in [0.05, 0.1) is 18.2 Å². The van der Waals surface area contributed by atoms with Gasteiger partial charge in [0, 0.05) is 11.3 Å². The number of phenolic OH excluding ortho intramolecular Hbond substituents is 1. The van der Waals surface area contributed by atoms with Crippen molar-refractivity contribution < 1.29 is 28.9 Å². The molecule has 0 bridgehead atoms. The summed E-state index contributed by atoms with van der Waals surface area (Å²) in [6, 6.07) is 17.9. The first-order valence-electron chi connectivity index (χ1n) is 11.9. The molecule has 0 spiro atoms. The Labute approximate surface area is 231 Å². The summed E-state index contributed by atoms with van der Waals surface area (Å²) in [5.74, 6) is -1.53. The first-order chi connectivity index (χ1) is 18.9. The predicted molar refractivity (Wildman–Crippen MR) is 146 cm³/mol. The second-order valence-corrected chi connectivity index (χ2v) is 10.6. The maximum absolute atomic E-state index is 14.0. The number of aliphatic hydroxyl groups excluding tert-OH is 1. The van der Waals surface area contributed by atoms with Crippen molar-refractivity contribution in [2.45, 2.75) is 23.1 Å². The van der Waals surface area contributed by atoms with Gasteiger partial charge in [-0.25, -0.2) is 4.39 Å². The highest BCUT2D eigenvalue weighted by Crippen LogP contribution is 2.44. The number of hydrogen-bond acceptors (Lipinski definition) is 9. The van der Waals surface area contributed by atoms with E-state index in [0.717, 1.165) is 11.3 Å². The molecule has 2 N–H and O–H groups in total. The lowest BCUT2D eigenvalue weighted by Gasteiger charge is -2.22. The van der Waals surface area contributed by atoms with E-state index in [1.54, 1.807) is 54.6 Å². The number of carbonyl (C=O) groups is 2. The van der Waals surface area contributed by atoms with Crippen LogP contribution in [0.1, 0.15) is 29.7 Å². The molecule has 1 fully saturated rings. The molecule has 1 aromatic heterocycles. The molecule has 39 heavy (non-hydrogen) atoms. The zero-order valence-corrected chi connectivity index (χ0v) is 22.2. The predicted octanol–water partition coefficient (Wildman–Crippen LogP) is 5.70. The van der Waals surface area contributed by atoms with Gasteiger partial charge in [-0.05, 0) is 60.5 Å². The van der Waals surface area contributed by atoms with Gasteiger partial charge in [0.1, 0.15) is 23.1 Å². The molecule has 1 saturated heterocycles. The van der Waals surface area contributed by atoms with Crippen molar-refractivity contribution in [3.05, 3.63) is 101 Å². The fraction of sp³-hybridized carbons (Fsp3) is 0.143. The zero-order chi connectivity index (χ0) is 27.5. The average Bonchev–Trinajstić information content (AvgIpc) is 3.51. The van der Waals surface area contributed by atoms with Gasteiger partial charge in [-0.3, -0.25) is 14.5 Å². The van der Waals surface area contributed by atoms with Crippen LogP contribution in [0.4, 0.5) is 9.52 Å². The number of aliphatic hydroxyl groups is 1. The smallest absolute Gasteiger partial charge is 0.301 e. The van der Waals surface area contributed by atoms with Gasteiger partial charge in [-0.1, -0.05) is 53.4 Å². The SMILES string of the molecule is CCOc1ccc(/C(O)=C2/C(=O)C(=O)N(c3nnc(SCc4ccccc4F)s3)C2c2ccc(O)cc2)cc1. The van der Waals surface area contributed by atoms with E-state index in [-0.39, 0.29) is 28.0 Å². The van der Waals surface area contributed by atoms with Crippen LogP contribution in [0.5, 0.6) is 11.5 Å². The van der Waals surface area contributed by atoms with E-state index in [1.807, 2.05) is 6.92 Å². The lowest BCUT2D eigenvalue weighted by atomic mass is 9.95. The molecule has 1 amide bonds. The van der Waals surface area contributed by atoms with Crippen LogP contribution in [0.3, 0.4) is 0 Å². The molecule has 0 aliphatic carbocycles. The molecule has 1 unspecified atom stereocenters. The number of aromatic nitrogens is 2. The van der Waals surface area contributed by atoms with Crippen LogP contribution in [0.2, 0.25) is 0 Å². The molecule has 11 heteroatoms. The van der Waals surface area contributed by atoms with Crippen molar-refractivity contribution in [2.75, 3.05) is 11.5 Å². The monoisotopic (exact) mass is 563 g/mol. The highest BCUT2D eigenvalue weighted by Gasteiger charge is 2.48. The number of halogens is 1. The van der Waals surface area contributed by atoms with Crippen molar-refractivity contribution in [1.29, 1.82) is 0 Å². The number of anilines is 1. The quantitative estimate of drug-likeness (QED) is 0.0923. The van der Waals surface area contributed by atoms with Gasteiger partial charge in [0.15, 0.2) is 4.34 Å². The molecule has 3 aromatic carbocycles. The molecule has 5 rings (SSSR count). The molecule has 2 heterocycles. The second kappa shape index (κ2) is 11.3. The summed E-state index contributed by atoms with van der Waals surface area (Å²) in [6.07, 6.45) is 0. The fourth-order valence-electron chi connectivity index (χ4n) is 4.15. The van der Waals surface area contributed by atoms with Crippen LogP contribution in [0.15, 0.2) is 82.7 Å². The minimum atomic E-state index is -1.02. The number of Topliss-reactive ketones (excluding diaryl/α,β-unsaturated/α-hetero) is 1. The Bertz CT molecular complexity index is 1550. The molecule has 1 aliphatic heterocycles. The molecule has 0 saturated carbocycles. The summed E-state index contributed by atoms with van der Waals surface area (Å²) < 4.78 is 20.0. The maximum atomic E-state index is 14.0. The average molecular weight is 564 g/mol. The summed E-state index contributed by atoms with van der Waals surface area (Å²) in [4.78, 5) is 27.8. The molecule has 8 nitrogen and oxygen atoms in total. The number of rotatable bonds is 8. The van der Waals surface area contributed by atoms with Gasteiger partial charge < -0.3 is 14.9 Å². The number of nitrogens with zero attached hydrogens (tertiary/aromatic N) is 3. The van der Waals surface area contributed by atoms with Crippen molar-refractivity contribution in [3.8, 4) is 11.5 Å². The van der Waals surface area contributed by atoms with E-state index in [2.05, 4.69) is 10.2 Å². The second-order valence-electron chi connectivity index (χ2n) is 8.45. The third-order valence-electron chi connectivity index (χ3n) is 6.00. The zero-order valence-electron chi connectivity index (χ0n) is 20.6. The molecular formula is C28H22FN3O5S2. The molecule has 1 atom stereocenters. The van der Waals surface area contributed by atoms with Crippen LogP contribution in [-0.4, -0.2) is 38.7 Å². The fourth-order valence-corrected chi connectivity index (χ4v) is 6.00. The van der Waals surface area contributed by atoms with E-state index in [1.165, 1.54) is 34.9 Å². The number of benzene rings is 3. The highest BCUT2D eigenvalue weighted by molar-refractivity contribution is 8.00. The largest absolute Gasteiger partial charge is 0.508 e. The minimum Gasteiger partial charge on any atom is -0.508 e. The van der Waals surface area contributed by atoms with Crippen LogP contribution in [0.25, 0.3) is 5.76 Å². The van der Waals surface area contributed by atoms with Gasteiger partial charge in [-0.15, -0.1) is 10.2 Å². The first kappa shape index (κ1) is 26.4. The minimum absolute atomic E-state index is 0.00459. The molecule has 0 radical (unpaired) electrons. The van der Waals surface area contributed by atoms with E-state index < -0.39 is 17.7 Å². The van der Waals surface area contributed by atoms with Gasteiger partial charge in [0.25, 0.3) is 5.78 Å². The van der Waals surface area contributed by atoms with Crippen LogP contribution < -0.4 is 9.64 Å². The van der Waals surface area contributed by atoms with E-state index >= 15 is 0 Å². The Morgan fingerprint density at radius 3 is 2.46 bits per heavy atom. The van der Waals surface area contributed by atoms with Gasteiger partial charge >= 0.3 is 5.91 Å². The topological polar surface area (TPSA) is 113 Å². The van der Waals surface area contributed by atoms with Crippen LogP contribution >= 0.6 is 23.1 Å². The summed E-state index contributed by atoms with van der Waals surface area (Å²) >= 11 is 2.33. The van der Waals surface area contributed by atoms with Crippen molar-refractivity contribution in [2.24, 2.45) is 0 Å². The number of aromatic hydroxyl groups is 1. The number of ketones is 1. The Balaban J connectivity index is 1.52. The Morgan fingerprint density at radius 1 is 1.05 bits per heavy atom. The Hall–Kier alpha value is -4.22. The third-order valence-corrected chi connectivity index (χ3v) is 8.11. The Morgan fingerprint density at radius 2 is 1.77 bits per heavy atom. The number of ether oxygens (including phenoxy) is 1. The molecular weight excluding hydrogens is 541 g/mol. The van der Waals surface area contributed by atoms with E-state index in [0.29, 0.717) is 39.1 Å². The first-order valence-corrected chi connectivity index (χ1v) is 13.7. The molecule has 4 aromatic rings. The summed E-state index contributed by atoms with van der Waals surface area (Å²) in [7, 11) is 0. The van der Waals surface area contributed by atoms with Gasteiger partial charge in [0.2, 0.25) is 5.13 Å². The summed E-state index contributed by atoms with van der Waals surface area (Å²) in [6.45, 7) is 2.32. The van der Waals surface area contributed by atoms with Gasteiger partial charge in [-0.2, -0.15) is 0 Å². The molecule has 1 aliphatic rings. The maximum Gasteiger partial charge on any atom is 0.301 e. The summed E-state index contributed by atoms with van der Waals surface area (Å²) in [5.41, 5.74) is 1.19.